The lowest BCUT2D eigenvalue weighted by atomic mass is 10.2. The molecule has 1 saturated carbocycles. The average Bonchev–Trinajstić information content (AvgIpc) is 2.96. The molecule has 1 aromatic rings. The molecule has 82 valence electrons. The van der Waals surface area contributed by atoms with Crippen molar-refractivity contribution < 1.29 is 0 Å². The highest BCUT2D eigenvalue weighted by molar-refractivity contribution is 5.10. The van der Waals surface area contributed by atoms with Crippen LogP contribution in [0.3, 0.4) is 0 Å². The van der Waals surface area contributed by atoms with E-state index in [0.717, 1.165) is 19.1 Å². The number of aromatic nitrogens is 2. The van der Waals surface area contributed by atoms with Gasteiger partial charge in [0.15, 0.2) is 0 Å². The number of nitrogens with zero attached hydrogens (tertiary/aromatic N) is 3. The maximum atomic E-state index is 4.73. The van der Waals surface area contributed by atoms with Gasteiger partial charge in [0, 0.05) is 25.3 Å². The molecule has 1 aliphatic heterocycles. The first kappa shape index (κ1) is 9.40. The van der Waals surface area contributed by atoms with Gasteiger partial charge in [-0.1, -0.05) is 13.8 Å². The Morgan fingerprint density at radius 3 is 2.80 bits per heavy atom. The van der Waals surface area contributed by atoms with Gasteiger partial charge in [-0.3, -0.25) is 4.90 Å². The Balaban J connectivity index is 1.82. The van der Waals surface area contributed by atoms with Gasteiger partial charge < -0.3 is 4.57 Å². The molecule has 1 aliphatic carbocycles. The lowest BCUT2D eigenvalue weighted by Gasteiger charge is -2.27. The second-order valence-electron chi connectivity index (χ2n) is 5.13. The molecule has 1 fully saturated rings. The fourth-order valence-electron chi connectivity index (χ4n) is 2.32. The van der Waals surface area contributed by atoms with Gasteiger partial charge in [-0.25, -0.2) is 4.98 Å². The highest BCUT2D eigenvalue weighted by atomic mass is 15.3. The molecule has 1 aromatic heterocycles. The highest BCUT2D eigenvalue weighted by Gasteiger charge is 2.31. The zero-order valence-corrected chi connectivity index (χ0v) is 9.61. The van der Waals surface area contributed by atoms with E-state index >= 15 is 0 Å². The smallest absolute Gasteiger partial charge is 0.123 e. The zero-order valence-electron chi connectivity index (χ0n) is 9.61. The summed E-state index contributed by atoms with van der Waals surface area (Å²) in [6, 6.07) is 0.873. The van der Waals surface area contributed by atoms with Crippen LogP contribution in [0.5, 0.6) is 0 Å². The minimum atomic E-state index is 0.553. The van der Waals surface area contributed by atoms with Gasteiger partial charge in [-0.15, -0.1) is 0 Å². The molecule has 15 heavy (non-hydrogen) atoms. The van der Waals surface area contributed by atoms with Crippen molar-refractivity contribution in [3.63, 3.8) is 0 Å². The van der Waals surface area contributed by atoms with E-state index in [9.17, 15) is 0 Å². The van der Waals surface area contributed by atoms with Crippen molar-refractivity contribution in [2.24, 2.45) is 0 Å². The van der Waals surface area contributed by atoms with Crippen LogP contribution in [0, 0.1) is 0 Å². The number of imidazole rings is 1. The second kappa shape index (κ2) is 3.34. The Morgan fingerprint density at radius 1 is 1.33 bits per heavy atom. The lowest BCUT2D eigenvalue weighted by molar-refractivity contribution is 0.207. The minimum Gasteiger partial charge on any atom is -0.332 e. The summed E-state index contributed by atoms with van der Waals surface area (Å²) in [4.78, 5) is 7.32. The van der Waals surface area contributed by atoms with Crippen molar-refractivity contribution in [3.05, 3.63) is 17.7 Å². The van der Waals surface area contributed by atoms with Crippen molar-refractivity contribution in [1.29, 1.82) is 0 Å². The maximum absolute atomic E-state index is 4.73. The molecule has 0 amide bonds. The Bertz CT molecular complexity index is 363. The van der Waals surface area contributed by atoms with Gasteiger partial charge >= 0.3 is 0 Å². The SMILES string of the molecule is CC(C)c1cn2c(n1)CN(C1CC1)CC2. The summed E-state index contributed by atoms with van der Waals surface area (Å²) in [6.07, 6.45) is 5.04. The summed E-state index contributed by atoms with van der Waals surface area (Å²) < 4.78 is 2.34. The molecular weight excluding hydrogens is 186 g/mol. The normalized spacial score (nSPS) is 22.1. The Hall–Kier alpha value is -0.830. The Kier molecular flexibility index (Phi) is 2.09. The third kappa shape index (κ3) is 1.69. The largest absolute Gasteiger partial charge is 0.332 e. The molecule has 3 rings (SSSR count). The Morgan fingerprint density at radius 2 is 2.13 bits per heavy atom. The van der Waals surface area contributed by atoms with E-state index < -0.39 is 0 Å². The van der Waals surface area contributed by atoms with E-state index in [-0.39, 0.29) is 0 Å². The molecule has 2 heterocycles. The molecule has 3 heteroatoms. The summed E-state index contributed by atoms with van der Waals surface area (Å²) in [5.74, 6) is 1.83. The molecule has 0 spiro atoms. The number of hydrogen-bond acceptors (Lipinski definition) is 2. The molecule has 0 bridgehead atoms. The summed E-state index contributed by atoms with van der Waals surface area (Å²) >= 11 is 0. The van der Waals surface area contributed by atoms with Gasteiger partial charge in [-0.05, 0) is 18.8 Å². The summed E-state index contributed by atoms with van der Waals surface area (Å²) in [6.45, 7) is 7.84. The van der Waals surface area contributed by atoms with Gasteiger partial charge in [0.2, 0.25) is 0 Å². The van der Waals surface area contributed by atoms with Crippen LogP contribution in [0.15, 0.2) is 6.20 Å². The van der Waals surface area contributed by atoms with Crippen LogP contribution in [0.4, 0.5) is 0 Å². The molecule has 0 saturated heterocycles. The van der Waals surface area contributed by atoms with Crippen molar-refractivity contribution in [2.45, 2.75) is 51.7 Å². The van der Waals surface area contributed by atoms with Crippen LogP contribution in [0.1, 0.15) is 44.1 Å². The van der Waals surface area contributed by atoms with Gasteiger partial charge in [0.05, 0.1) is 12.2 Å². The fraction of sp³-hybridized carbons (Fsp3) is 0.750. The van der Waals surface area contributed by atoms with E-state index in [4.69, 9.17) is 4.98 Å². The van der Waals surface area contributed by atoms with Crippen LogP contribution in [-0.2, 0) is 13.1 Å². The first-order chi connectivity index (χ1) is 7.24. The molecular formula is C12H19N3. The van der Waals surface area contributed by atoms with E-state index in [0.29, 0.717) is 5.92 Å². The van der Waals surface area contributed by atoms with E-state index in [2.05, 4.69) is 29.5 Å². The maximum Gasteiger partial charge on any atom is 0.123 e. The van der Waals surface area contributed by atoms with Crippen LogP contribution < -0.4 is 0 Å². The first-order valence-corrected chi connectivity index (χ1v) is 6.04. The zero-order chi connectivity index (χ0) is 10.4. The number of rotatable bonds is 2. The number of hydrogen-bond donors (Lipinski definition) is 0. The first-order valence-electron chi connectivity index (χ1n) is 6.04. The van der Waals surface area contributed by atoms with E-state index in [1.54, 1.807) is 0 Å². The predicted octanol–water partition coefficient (Wildman–Crippen LogP) is 1.98. The summed E-state index contributed by atoms with van der Waals surface area (Å²) in [5.41, 5.74) is 1.25. The van der Waals surface area contributed by atoms with Crippen LogP contribution >= 0.6 is 0 Å². The topological polar surface area (TPSA) is 21.1 Å². The molecule has 0 atom stereocenters. The van der Waals surface area contributed by atoms with Crippen LogP contribution in [-0.4, -0.2) is 27.0 Å². The average molecular weight is 205 g/mol. The Labute approximate surface area is 91.1 Å². The third-order valence-electron chi connectivity index (χ3n) is 3.51. The standard InChI is InChI=1S/C12H19N3/c1-9(2)11-7-15-6-5-14(10-3-4-10)8-12(15)13-11/h7,9-10H,3-6,8H2,1-2H3. The third-order valence-corrected chi connectivity index (χ3v) is 3.51. The summed E-state index contributed by atoms with van der Waals surface area (Å²) in [5, 5.41) is 0. The second-order valence-corrected chi connectivity index (χ2v) is 5.13. The van der Waals surface area contributed by atoms with Gasteiger partial charge in [0.25, 0.3) is 0 Å². The predicted molar refractivity (Wildman–Crippen MR) is 59.7 cm³/mol. The highest BCUT2D eigenvalue weighted by Crippen LogP contribution is 2.30. The molecule has 0 aromatic carbocycles. The quantitative estimate of drug-likeness (QED) is 0.736. The van der Waals surface area contributed by atoms with Crippen molar-refractivity contribution in [2.75, 3.05) is 6.54 Å². The molecule has 0 radical (unpaired) electrons. The lowest BCUT2D eigenvalue weighted by Crippen LogP contribution is -2.35. The number of fused-ring (bicyclic) bond motifs is 1. The summed E-state index contributed by atoms with van der Waals surface area (Å²) in [7, 11) is 0. The molecule has 0 N–H and O–H groups in total. The van der Waals surface area contributed by atoms with Gasteiger partial charge in [-0.2, -0.15) is 0 Å². The minimum absolute atomic E-state index is 0.553. The van der Waals surface area contributed by atoms with Gasteiger partial charge in [0.1, 0.15) is 5.82 Å². The van der Waals surface area contributed by atoms with Crippen molar-refractivity contribution >= 4 is 0 Å². The molecule has 2 aliphatic rings. The van der Waals surface area contributed by atoms with Crippen LogP contribution in [0.25, 0.3) is 0 Å². The monoisotopic (exact) mass is 205 g/mol. The molecule has 0 unspecified atom stereocenters. The van der Waals surface area contributed by atoms with E-state index in [1.807, 2.05) is 0 Å². The molecule has 3 nitrogen and oxygen atoms in total. The fourth-order valence-corrected chi connectivity index (χ4v) is 2.32. The van der Waals surface area contributed by atoms with Crippen molar-refractivity contribution in [1.82, 2.24) is 14.5 Å². The van der Waals surface area contributed by atoms with Crippen molar-refractivity contribution in [3.8, 4) is 0 Å². The van der Waals surface area contributed by atoms with E-state index in [1.165, 1.54) is 30.9 Å². The van der Waals surface area contributed by atoms with Crippen LogP contribution in [0.2, 0.25) is 0 Å².